The van der Waals surface area contributed by atoms with Gasteiger partial charge in [-0.15, -0.1) is 24.0 Å². The summed E-state index contributed by atoms with van der Waals surface area (Å²) in [5.41, 5.74) is 1.18. The number of aryl methyl sites for hydroxylation is 1. The zero-order valence-corrected chi connectivity index (χ0v) is 19.9. The van der Waals surface area contributed by atoms with E-state index in [0.717, 1.165) is 62.8 Å². The van der Waals surface area contributed by atoms with Crippen molar-refractivity contribution in [2.75, 3.05) is 39.8 Å². The number of hydrogen-bond acceptors (Lipinski definition) is 3. The van der Waals surface area contributed by atoms with Crippen LogP contribution in [0.3, 0.4) is 0 Å². The van der Waals surface area contributed by atoms with Gasteiger partial charge in [-0.2, -0.15) is 0 Å². The maximum atomic E-state index is 11.5. The third kappa shape index (κ3) is 8.96. The molecule has 0 spiro atoms. The number of hydrogen-bond donors (Lipinski definition) is 3. The second-order valence-electron chi connectivity index (χ2n) is 6.82. The van der Waals surface area contributed by atoms with Crippen molar-refractivity contribution < 1.29 is 4.79 Å². The molecule has 0 bridgehead atoms. The highest BCUT2D eigenvalue weighted by Gasteiger charge is 2.21. The van der Waals surface area contributed by atoms with Crippen molar-refractivity contribution in [3.05, 3.63) is 34.9 Å². The summed E-state index contributed by atoms with van der Waals surface area (Å²) in [6, 6.07) is 8.38. The van der Waals surface area contributed by atoms with E-state index in [-0.39, 0.29) is 29.9 Å². The number of carbonyl (C=O) groups is 1. The molecule has 1 heterocycles. The molecule has 1 aromatic rings. The fourth-order valence-electron chi connectivity index (χ4n) is 3.19. The summed E-state index contributed by atoms with van der Waals surface area (Å²) in [5.74, 6) is 0.955. The Balaban J connectivity index is 0.00000392. The lowest BCUT2D eigenvalue weighted by atomic mass is 10.1. The Bertz CT molecular complexity index is 620. The lowest BCUT2D eigenvalue weighted by Gasteiger charge is -2.32. The maximum absolute atomic E-state index is 11.5. The standard InChI is InChI=1S/C20H32ClN5O.HI/c1-3-23-20(24-12-6-8-16-7-4-5-9-18(16)21)25-17-10-13-26(14-11-17)15-19(27)22-2;/h4-5,7,9,17H,3,6,8,10-15H2,1-2H3,(H,22,27)(H2,23,24,25);1H. The molecule has 0 radical (unpaired) electrons. The third-order valence-electron chi connectivity index (χ3n) is 4.75. The highest BCUT2D eigenvalue weighted by atomic mass is 127. The Labute approximate surface area is 190 Å². The van der Waals surface area contributed by atoms with Crippen molar-refractivity contribution in [2.24, 2.45) is 4.99 Å². The predicted octanol–water partition coefficient (Wildman–Crippen LogP) is 2.66. The molecule has 0 saturated carbocycles. The summed E-state index contributed by atoms with van der Waals surface area (Å²) in [5, 5.41) is 10.4. The summed E-state index contributed by atoms with van der Waals surface area (Å²) in [7, 11) is 1.68. The Morgan fingerprint density at radius 2 is 2.00 bits per heavy atom. The smallest absolute Gasteiger partial charge is 0.233 e. The molecule has 1 aliphatic rings. The number of guanidine groups is 1. The van der Waals surface area contributed by atoms with Crippen molar-refractivity contribution in [2.45, 2.75) is 38.6 Å². The first-order valence-electron chi connectivity index (χ1n) is 9.83. The number of rotatable bonds is 8. The lowest BCUT2D eigenvalue weighted by Crippen LogP contribution is -2.50. The number of carbonyl (C=O) groups excluding carboxylic acids is 1. The van der Waals surface area contributed by atoms with Crippen molar-refractivity contribution in [1.82, 2.24) is 20.9 Å². The fraction of sp³-hybridized carbons (Fsp3) is 0.600. The van der Waals surface area contributed by atoms with Gasteiger partial charge in [0.1, 0.15) is 0 Å². The van der Waals surface area contributed by atoms with Gasteiger partial charge in [-0.05, 0) is 44.2 Å². The summed E-state index contributed by atoms with van der Waals surface area (Å²) in [6.07, 6.45) is 3.92. The first-order chi connectivity index (χ1) is 13.1. The number of nitrogens with zero attached hydrogens (tertiary/aromatic N) is 2. The van der Waals surface area contributed by atoms with Crippen molar-refractivity contribution in [1.29, 1.82) is 0 Å². The maximum Gasteiger partial charge on any atom is 0.233 e. The second-order valence-corrected chi connectivity index (χ2v) is 7.23. The lowest BCUT2D eigenvalue weighted by molar-refractivity contribution is -0.122. The minimum absolute atomic E-state index is 0. The number of nitrogens with one attached hydrogen (secondary N) is 3. The van der Waals surface area contributed by atoms with Crippen LogP contribution in [0.2, 0.25) is 5.02 Å². The molecular formula is C20H33ClIN5O. The number of benzene rings is 1. The molecule has 0 unspecified atom stereocenters. The summed E-state index contributed by atoms with van der Waals surface area (Å²) in [4.78, 5) is 18.4. The van der Waals surface area contributed by atoms with Gasteiger partial charge in [0, 0.05) is 44.3 Å². The zero-order valence-electron chi connectivity index (χ0n) is 16.8. The van der Waals surface area contributed by atoms with Crippen LogP contribution >= 0.6 is 35.6 Å². The minimum atomic E-state index is 0. The van der Waals surface area contributed by atoms with E-state index in [1.54, 1.807) is 7.05 Å². The summed E-state index contributed by atoms with van der Waals surface area (Å²) in [6.45, 7) is 6.02. The molecule has 1 fully saturated rings. The molecule has 8 heteroatoms. The van der Waals surface area contributed by atoms with Crippen LogP contribution in [0.15, 0.2) is 29.3 Å². The number of aliphatic imine (C=N–C) groups is 1. The van der Waals surface area contributed by atoms with E-state index in [9.17, 15) is 4.79 Å². The van der Waals surface area contributed by atoms with Crippen LogP contribution in [-0.4, -0.2) is 62.6 Å². The van der Waals surface area contributed by atoms with Crippen molar-refractivity contribution in [3.63, 3.8) is 0 Å². The Morgan fingerprint density at radius 1 is 1.29 bits per heavy atom. The normalized spacial score (nSPS) is 15.6. The molecule has 3 N–H and O–H groups in total. The van der Waals surface area contributed by atoms with Gasteiger partial charge in [-0.3, -0.25) is 14.7 Å². The van der Waals surface area contributed by atoms with Crippen LogP contribution < -0.4 is 16.0 Å². The van der Waals surface area contributed by atoms with E-state index in [1.165, 1.54) is 5.56 Å². The van der Waals surface area contributed by atoms with E-state index in [0.29, 0.717) is 12.6 Å². The minimum Gasteiger partial charge on any atom is -0.358 e. The molecule has 1 aliphatic heterocycles. The first-order valence-corrected chi connectivity index (χ1v) is 10.2. The molecule has 28 heavy (non-hydrogen) atoms. The zero-order chi connectivity index (χ0) is 19.5. The van der Waals surface area contributed by atoms with Crippen LogP contribution in [-0.2, 0) is 11.2 Å². The molecule has 6 nitrogen and oxygen atoms in total. The summed E-state index contributed by atoms with van der Waals surface area (Å²) >= 11 is 6.21. The van der Waals surface area contributed by atoms with Gasteiger partial charge in [0.25, 0.3) is 0 Å². The fourth-order valence-corrected chi connectivity index (χ4v) is 3.42. The van der Waals surface area contributed by atoms with Gasteiger partial charge in [-0.1, -0.05) is 29.8 Å². The highest BCUT2D eigenvalue weighted by Crippen LogP contribution is 2.16. The van der Waals surface area contributed by atoms with Gasteiger partial charge < -0.3 is 16.0 Å². The van der Waals surface area contributed by atoms with Crippen LogP contribution in [0.4, 0.5) is 0 Å². The Kier molecular flexibility index (Phi) is 12.5. The SMILES string of the molecule is CCNC(=NCCCc1ccccc1Cl)NC1CCN(CC(=O)NC)CC1.I. The molecule has 2 rings (SSSR count). The van der Waals surface area contributed by atoms with Gasteiger partial charge >= 0.3 is 0 Å². The largest absolute Gasteiger partial charge is 0.358 e. The molecule has 1 amide bonds. The first kappa shape index (κ1) is 25.0. The number of amides is 1. The molecular weight excluding hydrogens is 489 g/mol. The predicted molar refractivity (Wildman–Crippen MR) is 128 cm³/mol. The molecule has 1 saturated heterocycles. The molecule has 0 aliphatic carbocycles. The van der Waals surface area contributed by atoms with E-state index < -0.39 is 0 Å². The number of halogens is 2. The van der Waals surface area contributed by atoms with Crippen molar-refractivity contribution in [3.8, 4) is 0 Å². The van der Waals surface area contributed by atoms with E-state index in [4.69, 9.17) is 16.6 Å². The Hall–Kier alpha value is -1.06. The summed E-state index contributed by atoms with van der Waals surface area (Å²) < 4.78 is 0. The van der Waals surface area contributed by atoms with Crippen LogP contribution in [0.1, 0.15) is 31.7 Å². The molecule has 0 atom stereocenters. The van der Waals surface area contributed by atoms with Crippen LogP contribution in [0.25, 0.3) is 0 Å². The van der Waals surface area contributed by atoms with E-state index in [1.807, 2.05) is 18.2 Å². The molecule has 158 valence electrons. The van der Waals surface area contributed by atoms with Crippen molar-refractivity contribution >= 4 is 47.4 Å². The quantitative estimate of drug-likeness (QED) is 0.213. The topological polar surface area (TPSA) is 68.8 Å². The number of likely N-dealkylation sites (tertiary alicyclic amines) is 1. The monoisotopic (exact) mass is 521 g/mol. The van der Waals surface area contributed by atoms with Crippen LogP contribution in [0, 0.1) is 0 Å². The van der Waals surface area contributed by atoms with Crippen LogP contribution in [0.5, 0.6) is 0 Å². The number of likely N-dealkylation sites (N-methyl/N-ethyl adjacent to an activating group) is 1. The average Bonchev–Trinajstić information content (AvgIpc) is 2.68. The van der Waals surface area contributed by atoms with E-state index in [2.05, 4.69) is 33.8 Å². The second kappa shape index (κ2) is 14.0. The molecule has 0 aromatic heterocycles. The van der Waals surface area contributed by atoms with Gasteiger partial charge in [0.15, 0.2) is 5.96 Å². The van der Waals surface area contributed by atoms with Gasteiger partial charge in [-0.25, -0.2) is 0 Å². The van der Waals surface area contributed by atoms with E-state index >= 15 is 0 Å². The highest BCUT2D eigenvalue weighted by molar-refractivity contribution is 14.0. The van der Waals surface area contributed by atoms with Gasteiger partial charge in [0.05, 0.1) is 6.54 Å². The average molecular weight is 522 g/mol. The number of piperidine rings is 1. The Morgan fingerprint density at radius 3 is 2.64 bits per heavy atom. The van der Waals surface area contributed by atoms with Gasteiger partial charge in [0.2, 0.25) is 5.91 Å². The third-order valence-corrected chi connectivity index (χ3v) is 5.12. The molecule has 1 aromatic carbocycles.